The first kappa shape index (κ1) is 13.8. The van der Waals surface area contributed by atoms with Crippen molar-refractivity contribution in [1.82, 2.24) is 4.31 Å². The molecule has 4 nitrogen and oxygen atoms in total. The van der Waals surface area contributed by atoms with Gasteiger partial charge >= 0.3 is 0 Å². The summed E-state index contributed by atoms with van der Waals surface area (Å²) >= 11 is 5.98. The van der Waals surface area contributed by atoms with Crippen LogP contribution in [0, 0.1) is 12.8 Å². The number of sulfonamides is 1. The number of hydrogen-bond donors (Lipinski definition) is 1. The Morgan fingerprint density at radius 2 is 2.22 bits per heavy atom. The fourth-order valence-electron chi connectivity index (χ4n) is 2.21. The zero-order valence-electron chi connectivity index (χ0n) is 10.3. The molecule has 1 fully saturated rings. The van der Waals surface area contributed by atoms with E-state index in [1.165, 1.54) is 4.31 Å². The maximum absolute atomic E-state index is 12.5. The number of halogens is 1. The second-order valence-electron chi connectivity index (χ2n) is 4.62. The highest BCUT2D eigenvalue weighted by Gasteiger charge is 2.32. The van der Waals surface area contributed by atoms with Gasteiger partial charge in [-0.25, -0.2) is 8.42 Å². The summed E-state index contributed by atoms with van der Waals surface area (Å²) in [6.45, 7) is 3.30. The van der Waals surface area contributed by atoms with Gasteiger partial charge in [-0.05, 0) is 43.5 Å². The fourth-order valence-corrected chi connectivity index (χ4v) is 4.22. The van der Waals surface area contributed by atoms with Gasteiger partial charge in [0, 0.05) is 18.1 Å². The molecule has 1 atom stereocenters. The van der Waals surface area contributed by atoms with Crippen LogP contribution in [0.3, 0.4) is 0 Å². The highest BCUT2D eigenvalue weighted by molar-refractivity contribution is 7.89. The monoisotopic (exact) mass is 288 g/mol. The molecule has 100 valence electrons. The highest BCUT2D eigenvalue weighted by Crippen LogP contribution is 2.28. The molecule has 1 aliphatic heterocycles. The normalized spacial score (nSPS) is 21.4. The van der Waals surface area contributed by atoms with Gasteiger partial charge < -0.3 is 5.73 Å². The first-order chi connectivity index (χ1) is 8.46. The maximum Gasteiger partial charge on any atom is 0.243 e. The molecule has 1 heterocycles. The minimum Gasteiger partial charge on any atom is -0.330 e. The molecule has 0 bridgehead atoms. The van der Waals surface area contributed by atoms with Crippen LogP contribution in [0.4, 0.5) is 0 Å². The molecule has 1 aliphatic rings. The second-order valence-corrected chi connectivity index (χ2v) is 6.93. The van der Waals surface area contributed by atoms with Crippen molar-refractivity contribution in [3.05, 3.63) is 28.8 Å². The Balaban J connectivity index is 2.35. The summed E-state index contributed by atoms with van der Waals surface area (Å²) in [4.78, 5) is 0.299. The van der Waals surface area contributed by atoms with Crippen LogP contribution in [-0.4, -0.2) is 32.4 Å². The summed E-state index contributed by atoms with van der Waals surface area (Å²) < 4.78 is 26.5. The molecule has 6 heteroatoms. The molecular formula is C12H17ClN2O2S. The van der Waals surface area contributed by atoms with Crippen molar-refractivity contribution in [1.29, 1.82) is 0 Å². The average molecular weight is 289 g/mol. The molecule has 0 saturated carbocycles. The largest absolute Gasteiger partial charge is 0.330 e. The predicted molar refractivity (Wildman–Crippen MR) is 72.1 cm³/mol. The summed E-state index contributed by atoms with van der Waals surface area (Å²) in [5.41, 5.74) is 6.20. The van der Waals surface area contributed by atoms with Crippen LogP contribution in [0.2, 0.25) is 5.02 Å². The van der Waals surface area contributed by atoms with Gasteiger partial charge in [-0.3, -0.25) is 0 Å². The summed E-state index contributed by atoms with van der Waals surface area (Å²) in [6, 6.07) is 4.97. The van der Waals surface area contributed by atoms with E-state index >= 15 is 0 Å². The van der Waals surface area contributed by atoms with Crippen LogP contribution >= 0.6 is 11.6 Å². The predicted octanol–water partition coefficient (Wildman–Crippen LogP) is 1.62. The van der Waals surface area contributed by atoms with Crippen LogP contribution < -0.4 is 5.73 Å². The van der Waals surface area contributed by atoms with Crippen LogP contribution in [0.15, 0.2) is 23.1 Å². The fraction of sp³-hybridized carbons (Fsp3) is 0.500. The standard InChI is InChI=1S/C12H17ClN2O2S/c1-9-11(13)3-2-4-12(9)18(16,17)15-6-5-10(7-14)8-15/h2-4,10H,5-8,14H2,1H3/t10-/m0/s1. The molecule has 0 unspecified atom stereocenters. The van der Waals surface area contributed by atoms with Crippen LogP contribution in [0.5, 0.6) is 0 Å². The van der Waals surface area contributed by atoms with E-state index in [4.69, 9.17) is 17.3 Å². The lowest BCUT2D eigenvalue weighted by molar-refractivity contribution is 0.458. The lowest BCUT2D eigenvalue weighted by atomic mass is 10.1. The van der Waals surface area contributed by atoms with Crippen molar-refractivity contribution >= 4 is 21.6 Å². The number of nitrogens with two attached hydrogens (primary N) is 1. The Bertz CT molecular complexity index is 545. The molecule has 2 rings (SSSR count). The lowest BCUT2D eigenvalue weighted by Gasteiger charge is -2.18. The summed E-state index contributed by atoms with van der Waals surface area (Å²) in [6.07, 6.45) is 0.829. The van der Waals surface area contributed by atoms with Gasteiger partial charge in [0.2, 0.25) is 10.0 Å². The maximum atomic E-state index is 12.5. The molecule has 0 amide bonds. The van der Waals surface area contributed by atoms with E-state index in [0.717, 1.165) is 6.42 Å². The Morgan fingerprint density at radius 1 is 1.50 bits per heavy atom. The third-order valence-corrected chi connectivity index (χ3v) is 5.84. The number of hydrogen-bond acceptors (Lipinski definition) is 3. The van der Waals surface area contributed by atoms with Gasteiger partial charge in [0.15, 0.2) is 0 Å². The van der Waals surface area contributed by atoms with Gasteiger partial charge in [-0.15, -0.1) is 0 Å². The third kappa shape index (κ3) is 2.40. The summed E-state index contributed by atoms with van der Waals surface area (Å²) in [5.74, 6) is 0.263. The smallest absolute Gasteiger partial charge is 0.243 e. The van der Waals surface area contributed by atoms with Gasteiger partial charge in [0.1, 0.15) is 0 Å². The van der Waals surface area contributed by atoms with Crippen molar-refractivity contribution in [2.24, 2.45) is 11.7 Å². The number of rotatable bonds is 3. The van der Waals surface area contributed by atoms with Crippen molar-refractivity contribution in [2.45, 2.75) is 18.2 Å². The van der Waals surface area contributed by atoms with E-state index in [1.54, 1.807) is 25.1 Å². The second kappa shape index (κ2) is 5.17. The first-order valence-electron chi connectivity index (χ1n) is 5.92. The Morgan fingerprint density at radius 3 is 2.83 bits per heavy atom. The van der Waals surface area contributed by atoms with E-state index in [9.17, 15) is 8.42 Å². The first-order valence-corrected chi connectivity index (χ1v) is 7.74. The van der Waals surface area contributed by atoms with Gasteiger partial charge in [0.25, 0.3) is 0 Å². The Labute approximate surface area is 113 Å². The van der Waals surface area contributed by atoms with Crippen LogP contribution in [-0.2, 0) is 10.0 Å². The van der Waals surface area contributed by atoms with Crippen molar-refractivity contribution < 1.29 is 8.42 Å². The summed E-state index contributed by atoms with van der Waals surface area (Å²) in [5, 5.41) is 0.477. The van der Waals surface area contributed by atoms with E-state index in [1.807, 2.05) is 0 Å². The molecular weight excluding hydrogens is 272 g/mol. The van der Waals surface area contributed by atoms with E-state index in [0.29, 0.717) is 35.1 Å². The van der Waals surface area contributed by atoms with Crippen molar-refractivity contribution in [3.8, 4) is 0 Å². The Hall–Kier alpha value is -0.620. The minimum atomic E-state index is -3.44. The molecule has 0 aromatic heterocycles. The van der Waals surface area contributed by atoms with Crippen molar-refractivity contribution in [3.63, 3.8) is 0 Å². The lowest BCUT2D eigenvalue weighted by Crippen LogP contribution is -2.30. The zero-order chi connectivity index (χ0) is 13.3. The molecule has 0 spiro atoms. The van der Waals surface area contributed by atoms with E-state index < -0.39 is 10.0 Å². The third-order valence-electron chi connectivity index (χ3n) is 3.42. The molecule has 18 heavy (non-hydrogen) atoms. The van der Waals surface area contributed by atoms with Gasteiger partial charge in [0.05, 0.1) is 4.90 Å². The topological polar surface area (TPSA) is 63.4 Å². The molecule has 1 aromatic rings. The SMILES string of the molecule is Cc1c(Cl)cccc1S(=O)(=O)N1CC[C@@H](CN)C1. The average Bonchev–Trinajstić information content (AvgIpc) is 2.81. The molecule has 0 aliphatic carbocycles. The van der Waals surface area contributed by atoms with E-state index in [-0.39, 0.29) is 5.92 Å². The molecule has 2 N–H and O–H groups in total. The van der Waals surface area contributed by atoms with E-state index in [2.05, 4.69) is 0 Å². The van der Waals surface area contributed by atoms with Crippen molar-refractivity contribution in [2.75, 3.05) is 19.6 Å². The molecule has 1 saturated heterocycles. The Kier molecular flexibility index (Phi) is 3.96. The zero-order valence-corrected chi connectivity index (χ0v) is 11.8. The number of benzene rings is 1. The molecule has 1 aromatic carbocycles. The summed E-state index contributed by atoms with van der Waals surface area (Å²) in [7, 11) is -3.44. The quantitative estimate of drug-likeness (QED) is 0.919. The van der Waals surface area contributed by atoms with Crippen LogP contribution in [0.25, 0.3) is 0 Å². The number of nitrogens with zero attached hydrogens (tertiary/aromatic N) is 1. The highest BCUT2D eigenvalue weighted by atomic mass is 35.5. The molecule has 0 radical (unpaired) electrons. The minimum absolute atomic E-state index is 0.263. The van der Waals surface area contributed by atoms with Gasteiger partial charge in [-0.1, -0.05) is 17.7 Å². The van der Waals surface area contributed by atoms with Gasteiger partial charge in [-0.2, -0.15) is 4.31 Å². The van der Waals surface area contributed by atoms with Crippen LogP contribution in [0.1, 0.15) is 12.0 Å².